The molecule has 0 atom stereocenters. The molecule has 0 aliphatic carbocycles. The van der Waals surface area contributed by atoms with Gasteiger partial charge in [-0.05, 0) is 19.9 Å². The van der Waals surface area contributed by atoms with Gasteiger partial charge in [0.2, 0.25) is 0 Å². The first-order chi connectivity index (χ1) is 4.61. The van der Waals surface area contributed by atoms with Crippen LogP contribution in [0.25, 0.3) is 0 Å². The molecule has 0 amide bonds. The van der Waals surface area contributed by atoms with Gasteiger partial charge in [0.1, 0.15) is 0 Å². The second-order valence-corrected chi connectivity index (χ2v) is 3.57. The Morgan fingerprint density at radius 2 is 2.09 bits per heavy atom. The van der Waals surface area contributed by atoms with Crippen LogP contribution in [0.5, 0.6) is 0 Å². The average Bonchev–Trinajstić information content (AvgIpc) is 2.10. The Morgan fingerprint density at radius 1 is 1.55 bits per heavy atom. The average molecular weight is 288 g/mol. The van der Waals surface area contributed by atoms with Gasteiger partial charge in [0, 0.05) is 15.3 Å². The number of aryl methyl sites for hydroxylation is 2. The summed E-state index contributed by atoms with van der Waals surface area (Å²) in [6.45, 7) is 3.66. The monoisotopic (exact) mass is 288 g/mol. The number of carbonyl (C=O) groups excluding carboxylic acids is 1. The SMILES string of the molecule is Cc1cc(C(=O)[O-])c(C)s1.[Cs+]. The summed E-state index contributed by atoms with van der Waals surface area (Å²) >= 11 is 1.48. The summed E-state index contributed by atoms with van der Waals surface area (Å²) in [5, 5.41) is 10.3. The minimum Gasteiger partial charge on any atom is -0.545 e. The van der Waals surface area contributed by atoms with Crippen LogP contribution in [-0.2, 0) is 0 Å². The number of hydrogen-bond acceptors (Lipinski definition) is 3. The summed E-state index contributed by atoms with van der Waals surface area (Å²) < 4.78 is 0. The zero-order valence-corrected chi connectivity index (χ0v) is 13.9. The van der Waals surface area contributed by atoms with Gasteiger partial charge < -0.3 is 9.90 Å². The summed E-state index contributed by atoms with van der Waals surface area (Å²) in [5.74, 6) is -1.08. The molecule has 0 aliphatic rings. The molecular weight excluding hydrogens is 281 g/mol. The topological polar surface area (TPSA) is 40.1 Å². The molecule has 0 bridgehead atoms. The van der Waals surface area contributed by atoms with Gasteiger partial charge in [0.15, 0.2) is 0 Å². The van der Waals surface area contributed by atoms with Crippen molar-refractivity contribution >= 4 is 17.3 Å². The zero-order chi connectivity index (χ0) is 7.72. The third-order valence-electron chi connectivity index (χ3n) is 1.26. The third kappa shape index (κ3) is 3.22. The van der Waals surface area contributed by atoms with Crippen LogP contribution in [0.15, 0.2) is 6.07 Å². The summed E-state index contributed by atoms with van der Waals surface area (Å²) in [6, 6.07) is 1.63. The van der Waals surface area contributed by atoms with E-state index in [1.54, 1.807) is 13.0 Å². The van der Waals surface area contributed by atoms with Crippen molar-refractivity contribution in [2.24, 2.45) is 0 Å². The number of aromatic carboxylic acids is 1. The normalized spacial score (nSPS) is 8.91. The smallest absolute Gasteiger partial charge is 0.545 e. The molecule has 0 unspecified atom stereocenters. The van der Waals surface area contributed by atoms with Crippen molar-refractivity contribution < 1.29 is 78.8 Å². The van der Waals surface area contributed by atoms with Crippen LogP contribution in [0.4, 0.5) is 0 Å². The van der Waals surface area contributed by atoms with Crippen LogP contribution in [0.3, 0.4) is 0 Å². The number of hydrogen-bond donors (Lipinski definition) is 0. The van der Waals surface area contributed by atoms with E-state index in [0.29, 0.717) is 5.56 Å². The van der Waals surface area contributed by atoms with Crippen molar-refractivity contribution in [3.8, 4) is 0 Å². The maximum Gasteiger partial charge on any atom is 1.00 e. The molecule has 0 saturated carbocycles. The second-order valence-electron chi connectivity index (χ2n) is 2.11. The van der Waals surface area contributed by atoms with Gasteiger partial charge in [-0.3, -0.25) is 0 Å². The first kappa shape index (κ1) is 12.2. The van der Waals surface area contributed by atoms with Crippen molar-refractivity contribution in [3.05, 3.63) is 21.4 Å². The van der Waals surface area contributed by atoms with Crippen LogP contribution in [0.2, 0.25) is 0 Å². The van der Waals surface area contributed by atoms with E-state index in [9.17, 15) is 9.90 Å². The Hall–Kier alpha value is 1.22. The molecule has 4 heteroatoms. The first-order valence-corrected chi connectivity index (χ1v) is 3.71. The number of carboxylic acids is 1. The maximum absolute atomic E-state index is 10.3. The van der Waals surface area contributed by atoms with E-state index in [-0.39, 0.29) is 68.9 Å². The van der Waals surface area contributed by atoms with Crippen molar-refractivity contribution in [2.45, 2.75) is 13.8 Å². The van der Waals surface area contributed by atoms with Gasteiger partial charge in [-0.2, -0.15) is 0 Å². The van der Waals surface area contributed by atoms with Crippen molar-refractivity contribution in [1.29, 1.82) is 0 Å². The molecule has 2 nitrogen and oxygen atoms in total. The quantitative estimate of drug-likeness (QED) is 0.585. The van der Waals surface area contributed by atoms with Crippen LogP contribution < -0.4 is 74.0 Å². The molecule has 0 saturated heterocycles. The molecule has 0 radical (unpaired) electrons. The third-order valence-corrected chi connectivity index (χ3v) is 2.23. The molecule has 1 aromatic heterocycles. The molecule has 0 N–H and O–H groups in total. The fourth-order valence-electron chi connectivity index (χ4n) is 0.833. The number of rotatable bonds is 1. The summed E-state index contributed by atoms with van der Waals surface area (Å²) in [6.07, 6.45) is 0. The summed E-state index contributed by atoms with van der Waals surface area (Å²) in [4.78, 5) is 12.2. The Bertz CT molecular complexity index is 267. The molecule has 1 rings (SSSR count). The van der Waals surface area contributed by atoms with E-state index in [1.807, 2.05) is 6.92 Å². The zero-order valence-electron chi connectivity index (χ0n) is 6.80. The first-order valence-electron chi connectivity index (χ1n) is 2.89. The Morgan fingerprint density at radius 3 is 2.27 bits per heavy atom. The van der Waals surface area contributed by atoms with Crippen LogP contribution in [0.1, 0.15) is 20.1 Å². The minimum absolute atomic E-state index is 0. The predicted molar refractivity (Wildman–Crippen MR) is 38.1 cm³/mol. The number of carbonyl (C=O) groups is 1. The fourth-order valence-corrected chi connectivity index (χ4v) is 1.75. The second kappa shape index (κ2) is 5.06. The van der Waals surface area contributed by atoms with Gasteiger partial charge >= 0.3 is 68.9 Å². The van der Waals surface area contributed by atoms with E-state index >= 15 is 0 Å². The largest absolute Gasteiger partial charge is 1.00 e. The minimum atomic E-state index is -1.08. The molecule has 0 aliphatic heterocycles. The standard InChI is InChI=1S/C7H8O2S.Cs/c1-4-3-6(7(8)9)5(2)10-4;/h3H,1-2H3,(H,8,9);/q;+1/p-1. The van der Waals surface area contributed by atoms with Crippen LogP contribution >= 0.6 is 11.3 Å². The Kier molecular flexibility index (Phi) is 5.62. The van der Waals surface area contributed by atoms with Crippen LogP contribution in [-0.4, -0.2) is 5.97 Å². The van der Waals surface area contributed by atoms with Crippen molar-refractivity contribution in [3.63, 3.8) is 0 Å². The van der Waals surface area contributed by atoms with Crippen molar-refractivity contribution in [2.75, 3.05) is 0 Å². The van der Waals surface area contributed by atoms with E-state index in [0.717, 1.165) is 9.75 Å². The molecule has 11 heavy (non-hydrogen) atoms. The van der Waals surface area contributed by atoms with E-state index in [1.165, 1.54) is 11.3 Å². The molecular formula is C7H7CsO2S. The number of thiophene rings is 1. The van der Waals surface area contributed by atoms with E-state index in [2.05, 4.69) is 0 Å². The molecule has 1 aromatic rings. The van der Waals surface area contributed by atoms with E-state index < -0.39 is 5.97 Å². The Balaban J connectivity index is 0.000001000. The van der Waals surface area contributed by atoms with E-state index in [4.69, 9.17) is 0 Å². The number of carboxylic acid groups (broad SMARTS) is 1. The molecule has 0 aromatic carbocycles. The molecule has 0 fully saturated rings. The molecule has 1 heterocycles. The molecule has 0 spiro atoms. The molecule has 54 valence electrons. The van der Waals surface area contributed by atoms with Gasteiger partial charge in [-0.25, -0.2) is 0 Å². The van der Waals surface area contributed by atoms with Gasteiger partial charge in [-0.15, -0.1) is 11.3 Å². The van der Waals surface area contributed by atoms with Gasteiger partial charge in [0.25, 0.3) is 0 Å². The summed E-state index contributed by atoms with van der Waals surface area (Å²) in [5.41, 5.74) is 0.322. The maximum atomic E-state index is 10.3. The predicted octanol–water partition coefficient (Wildman–Crippen LogP) is -2.27. The van der Waals surface area contributed by atoms with Crippen LogP contribution in [0, 0.1) is 13.8 Å². The summed E-state index contributed by atoms with van der Waals surface area (Å²) in [7, 11) is 0. The fraction of sp³-hybridized carbons (Fsp3) is 0.286. The Labute approximate surface area is 128 Å². The van der Waals surface area contributed by atoms with Crippen molar-refractivity contribution in [1.82, 2.24) is 0 Å². The van der Waals surface area contributed by atoms with Gasteiger partial charge in [-0.1, -0.05) is 0 Å². The van der Waals surface area contributed by atoms with Gasteiger partial charge in [0.05, 0.1) is 5.97 Å².